The van der Waals surface area contributed by atoms with Crippen LogP contribution in [0.15, 0.2) is 54.9 Å². The van der Waals surface area contributed by atoms with Crippen LogP contribution in [0.2, 0.25) is 0 Å². The van der Waals surface area contributed by atoms with Gasteiger partial charge in [0.1, 0.15) is 11.6 Å². The maximum atomic E-state index is 13.4. The summed E-state index contributed by atoms with van der Waals surface area (Å²) < 4.78 is 26.1. The maximum Gasteiger partial charge on any atom is 0.126 e. The van der Waals surface area contributed by atoms with E-state index in [1.54, 1.807) is 13.0 Å². The van der Waals surface area contributed by atoms with Crippen LogP contribution in [0.4, 0.5) is 8.78 Å². The normalized spacial score (nSPS) is 12.7. The van der Waals surface area contributed by atoms with Gasteiger partial charge in [-0.3, -0.25) is 0 Å². The summed E-state index contributed by atoms with van der Waals surface area (Å²) >= 11 is 0. The standard InChI is InChI=1S/C13H12F2/c1-3-5-12(13(15)4-2)10-6-8-11(14)9-7-10/h3-9H,1H2,2H3/b12-5-,13-4+. The first kappa shape index (κ1) is 11.4. The molecule has 0 atom stereocenters. The van der Waals surface area contributed by atoms with Gasteiger partial charge in [-0.1, -0.05) is 36.9 Å². The zero-order chi connectivity index (χ0) is 11.3. The third-order valence-corrected chi connectivity index (χ3v) is 1.95. The molecule has 78 valence electrons. The molecule has 0 nitrogen and oxygen atoms in total. The third-order valence-electron chi connectivity index (χ3n) is 1.95. The Morgan fingerprint density at radius 2 is 1.87 bits per heavy atom. The monoisotopic (exact) mass is 206 g/mol. The Kier molecular flexibility index (Phi) is 3.98. The predicted octanol–water partition coefficient (Wildman–Crippen LogP) is 4.27. The zero-order valence-electron chi connectivity index (χ0n) is 8.50. The second-order valence-electron chi connectivity index (χ2n) is 2.96. The zero-order valence-corrected chi connectivity index (χ0v) is 8.50. The molecule has 0 bridgehead atoms. The molecule has 0 spiro atoms. The summed E-state index contributed by atoms with van der Waals surface area (Å²) in [4.78, 5) is 0. The van der Waals surface area contributed by atoms with Crippen LogP contribution in [-0.2, 0) is 0 Å². The average Bonchev–Trinajstić information content (AvgIpc) is 2.26. The largest absolute Gasteiger partial charge is 0.207 e. The Hall–Kier alpha value is -1.70. The number of hydrogen-bond acceptors (Lipinski definition) is 0. The quantitative estimate of drug-likeness (QED) is 0.648. The molecule has 0 aromatic heterocycles. The van der Waals surface area contributed by atoms with E-state index in [0.29, 0.717) is 11.1 Å². The van der Waals surface area contributed by atoms with Gasteiger partial charge in [0, 0.05) is 5.57 Å². The smallest absolute Gasteiger partial charge is 0.126 e. The summed E-state index contributed by atoms with van der Waals surface area (Å²) in [7, 11) is 0. The lowest BCUT2D eigenvalue weighted by molar-refractivity contribution is 0.627. The molecule has 0 N–H and O–H groups in total. The molecule has 15 heavy (non-hydrogen) atoms. The number of hydrogen-bond donors (Lipinski definition) is 0. The van der Waals surface area contributed by atoms with Gasteiger partial charge >= 0.3 is 0 Å². The molecule has 2 heteroatoms. The van der Waals surface area contributed by atoms with Gasteiger partial charge in [-0.2, -0.15) is 0 Å². The van der Waals surface area contributed by atoms with Gasteiger partial charge in [-0.05, 0) is 24.6 Å². The molecule has 0 saturated carbocycles. The summed E-state index contributed by atoms with van der Waals surface area (Å²) in [5, 5.41) is 0. The van der Waals surface area contributed by atoms with Crippen molar-refractivity contribution in [2.24, 2.45) is 0 Å². The summed E-state index contributed by atoms with van der Waals surface area (Å²) in [5.74, 6) is -0.681. The minimum atomic E-state index is -0.346. The van der Waals surface area contributed by atoms with Crippen LogP contribution in [0.3, 0.4) is 0 Å². The van der Waals surface area contributed by atoms with E-state index in [2.05, 4.69) is 6.58 Å². The van der Waals surface area contributed by atoms with Gasteiger partial charge in [0.05, 0.1) is 0 Å². The van der Waals surface area contributed by atoms with E-state index in [1.807, 2.05) is 0 Å². The van der Waals surface area contributed by atoms with E-state index >= 15 is 0 Å². The van der Waals surface area contributed by atoms with Crippen molar-refractivity contribution in [3.05, 3.63) is 66.3 Å². The minimum Gasteiger partial charge on any atom is -0.207 e. The van der Waals surface area contributed by atoms with Crippen LogP contribution >= 0.6 is 0 Å². The highest BCUT2D eigenvalue weighted by atomic mass is 19.1. The number of allylic oxidation sites excluding steroid dienone is 5. The lowest BCUT2D eigenvalue weighted by Crippen LogP contribution is -1.85. The lowest BCUT2D eigenvalue weighted by atomic mass is 10.0. The summed E-state index contributed by atoms with van der Waals surface area (Å²) in [6.07, 6.45) is 4.42. The number of benzene rings is 1. The van der Waals surface area contributed by atoms with Crippen molar-refractivity contribution in [2.45, 2.75) is 6.92 Å². The van der Waals surface area contributed by atoms with Crippen LogP contribution < -0.4 is 0 Å². The third kappa shape index (κ3) is 2.88. The molecular weight excluding hydrogens is 194 g/mol. The highest BCUT2D eigenvalue weighted by Crippen LogP contribution is 2.24. The highest BCUT2D eigenvalue weighted by molar-refractivity contribution is 5.77. The van der Waals surface area contributed by atoms with Crippen molar-refractivity contribution in [3.8, 4) is 0 Å². The van der Waals surface area contributed by atoms with E-state index in [4.69, 9.17) is 0 Å². The Morgan fingerprint density at radius 3 is 2.33 bits per heavy atom. The van der Waals surface area contributed by atoms with E-state index in [0.717, 1.165) is 0 Å². The van der Waals surface area contributed by atoms with E-state index in [-0.39, 0.29) is 11.6 Å². The number of halogens is 2. The van der Waals surface area contributed by atoms with Crippen LogP contribution in [0.1, 0.15) is 12.5 Å². The summed E-state index contributed by atoms with van der Waals surface area (Å²) in [5.41, 5.74) is 1.04. The van der Waals surface area contributed by atoms with E-state index in [1.165, 1.54) is 36.4 Å². The van der Waals surface area contributed by atoms with Crippen molar-refractivity contribution in [1.82, 2.24) is 0 Å². The Balaban J connectivity index is 3.16. The average molecular weight is 206 g/mol. The topological polar surface area (TPSA) is 0 Å². The fourth-order valence-electron chi connectivity index (χ4n) is 1.22. The van der Waals surface area contributed by atoms with Gasteiger partial charge < -0.3 is 0 Å². The molecule has 1 rings (SSSR count). The van der Waals surface area contributed by atoms with Gasteiger partial charge in [0.15, 0.2) is 0 Å². The van der Waals surface area contributed by atoms with Gasteiger partial charge in [0.25, 0.3) is 0 Å². The second-order valence-corrected chi connectivity index (χ2v) is 2.96. The minimum absolute atomic E-state index is 0.336. The first-order valence-corrected chi connectivity index (χ1v) is 4.60. The molecule has 0 fully saturated rings. The Labute approximate surface area is 88.2 Å². The van der Waals surface area contributed by atoms with Crippen molar-refractivity contribution in [3.63, 3.8) is 0 Å². The second kappa shape index (κ2) is 5.25. The van der Waals surface area contributed by atoms with Crippen LogP contribution in [0.25, 0.3) is 5.57 Å². The molecule has 1 aromatic rings. The highest BCUT2D eigenvalue weighted by Gasteiger charge is 2.05. The first-order chi connectivity index (χ1) is 7.19. The van der Waals surface area contributed by atoms with E-state index < -0.39 is 0 Å². The maximum absolute atomic E-state index is 13.4. The van der Waals surface area contributed by atoms with Gasteiger partial charge in [0.2, 0.25) is 0 Å². The Bertz CT molecular complexity index is 397. The summed E-state index contributed by atoms with van der Waals surface area (Å²) in [6.45, 7) is 5.12. The van der Waals surface area contributed by atoms with Crippen LogP contribution in [0, 0.1) is 5.82 Å². The summed E-state index contributed by atoms with van der Waals surface area (Å²) in [6, 6.07) is 5.67. The van der Waals surface area contributed by atoms with E-state index in [9.17, 15) is 8.78 Å². The molecule has 0 aliphatic rings. The SMILES string of the molecule is C=C/C=C(\C(F)=C/C)c1ccc(F)cc1. The van der Waals surface area contributed by atoms with Gasteiger partial charge in [-0.25, -0.2) is 8.78 Å². The van der Waals surface area contributed by atoms with Crippen molar-refractivity contribution >= 4 is 5.57 Å². The van der Waals surface area contributed by atoms with Crippen molar-refractivity contribution < 1.29 is 8.78 Å². The molecular formula is C13H12F2. The predicted molar refractivity (Wildman–Crippen MR) is 59.4 cm³/mol. The molecule has 0 aliphatic carbocycles. The van der Waals surface area contributed by atoms with Crippen LogP contribution in [-0.4, -0.2) is 0 Å². The number of rotatable bonds is 3. The Morgan fingerprint density at radius 1 is 1.27 bits per heavy atom. The fraction of sp³-hybridized carbons (Fsp3) is 0.0769. The van der Waals surface area contributed by atoms with Crippen molar-refractivity contribution in [1.29, 1.82) is 0 Å². The molecule has 0 heterocycles. The first-order valence-electron chi connectivity index (χ1n) is 4.60. The molecule has 0 radical (unpaired) electrons. The fourth-order valence-corrected chi connectivity index (χ4v) is 1.22. The van der Waals surface area contributed by atoms with Gasteiger partial charge in [-0.15, -0.1) is 0 Å². The molecule has 0 saturated heterocycles. The molecule has 1 aromatic carbocycles. The molecule has 0 aliphatic heterocycles. The molecule has 0 unspecified atom stereocenters. The van der Waals surface area contributed by atoms with Crippen LogP contribution in [0.5, 0.6) is 0 Å². The molecule has 0 amide bonds. The van der Waals surface area contributed by atoms with Crippen molar-refractivity contribution in [2.75, 3.05) is 0 Å². The lowest BCUT2D eigenvalue weighted by Gasteiger charge is -2.04.